The number of rotatable bonds is 4. The molecule has 0 aliphatic heterocycles. The first-order valence-corrected chi connectivity index (χ1v) is 6.41. The average molecular weight is 288 g/mol. The molecule has 3 heteroatoms. The van der Waals surface area contributed by atoms with Crippen LogP contribution in [0.2, 0.25) is 0 Å². The zero-order valence-corrected chi connectivity index (χ0v) is 11.9. The maximum absolute atomic E-state index is 13.4. The Kier molecular flexibility index (Phi) is 4.78. The summed E-state index contributed by atoms with van der Waals surface area (Å²) in [6.45, 7) is 8.48. The van der Waals surface area contributed by atoms with Crippen LogP contribution in [0.25, 0.3) is 0 Å². The quantitative estimate of drug-likeness (QED) is 0.843. The predicted molar refractivity (Wildman–Crippen MR) is 71.4 cm³/mol. The van der Waals surface area contributed by atoms with Gasteiger partial charge in [0.15, 0.2) is 0 Å². The second kappa shape index (κ2) is 5.67. The molecule has 16 heavy (non-hydrogen) atoms. The highest BCUT2D eigenvalue weighted by Crippen LogP contribution is 2.25. The lowest BCUT2D eigenvalue weighted by Gasteiger charge is -2.19. The molecule has 1 aromatic rings. The summed E-state index contributed by atoms with van der Waals surface area (Å²) in [6.07, 6.45) is 1.08. The maximum atomic E-state index is 13.4. The second-order valence-electron chi connectivity index (χ2n) is 4.76. The average Bonchev–Trinajstić information content (AvgIpc) is 2.12. The summed E-state index contributed by atoms with van der Waals surface area (Å²) in [7, 11) is 0. The molecule has 0 aliphatic carbocycles. The molecule has 1 unspecified atom stereocenters. The molecule has 1 aromatic carbocycles. The third-order valence-corrected chi connectivity index (χ3v) is 3.10. The molecule has 0 bridgehead atoms. The van der Waals surface area contributed by atoms with Gasteiger partial charge in [-0.1, -0.05) is 13.8 Å². The van der Waals surface area contributed by atoms with Gasteiger partial charge in [0.25, 0.3) is 0 Å². The van der Waals surface area contributed by atoms with E-state index in [0.29, 0.717) is 16.4 Å². The molecule has 1 atom stereocenters. The van der Waals surface area contributed by atoms with Gasteiger partial charge in [0, 0.05) is 11.7 Å². The van der Waals surface area contributed by atoms with E-state index in [2.05, 4.69) is 42.0 Å². The summed E-state index contributed by atoms with van der Waals surface area (Å²) in [5.74, 6) is 0.424. The molecule has 0 radical (unpaired) electrons. The van der Waals surface area contributed by atoms with Crippen molar-refractivity contribution in [3.05, 3.63) is 28.0 Å². The number of hydrogen-bond acceptors (Lipinski definition) is 1. The summed E-state index contributed by atoms with van der Waals surface area (Å²) in [4.78, 5) is 0. The fraction of sp³-hybridized carbons (Fsp3) is 0.538. The molecule has 0 amide bonds. The van der Waals surface area contributed by atoms with Crippen molar-refractivity contribution in [2.45, 2.75) is 40.2 Å². The number of benzene rings is 1. The van der Waals surface area contributed by atoms with Crippen LogP contribution in [0.3, 0.4) is 0 Å². The van der Waals surface area contributed by atoms with Crippen molar-refractivity contribution in [2.75, 3.05) is 5.32 Å². The molecule has 0 spiro atoms. The van der Waals surface area contributed by atoms with E-state index in [1.165, 1.54) is 0 Å². The molecular weight excluding hydrogens is 269 g/mol. The summed E-state index contributed by atoms with van der Waals surface area (Å²) >= 11 is 3.18. The minimum Gasteiger partial charge on any atom is -0.382 e. The van der Waals surface area contributed by atoms with Crippen LogP contribution in [0.4, 0.5) is 10.1 Å². The molecule has 0 aliphatic rings. The van der Waals surface area contributed by atoms with E-state index in [1.54, 1.807) is 12.1 Å². The van der Waals surface area contributed by atoms with Crippen LogP contribution in [-0.4, -0.2) is 6.04 Å². The summed E-state index contributed by atoms with van der Waals surface area (Å²) in [5.41, 5.74) is 1.94. The minimum absolute atomic E-state index is 0.218. The van der Waals surface area contributed by atoms with Gasteiger partial charge in [-0.2, -0.15) is 0 Å². The monoisotopic (exact) mass is 287 g/mol. The van der Waals surface area contributed by atoms with Gasteiger partial charge in [-0.15, -0.1) is 0 Å². The fourth-order valence-electron chi connectivity index (χ4n) is 1.83. The number of hydrogen-bond donors (Lipinski definition) is 1. The normalized spacial score (nSPS) is 12.9. The molecule has 1 N–H and O–H groups in total. The lowest BCUT2D eigenvalue weighted by molar-refractivity contribution is 0.539. The van der Waals surface area contributed by atoms with Crippen molar-refractivity contribution in [1.82, 2.24) is 0 Å². The van der Waals surface area contributed by atoms with Gasteiger partial charge in [0.05, 0.1) is 4.47 Å². The molecule has 0 saturated heterocycles. The van der Waals surface area contributed by atoms with Gasteiger partial charge in [0.1, 0.15) is 5.82 Å². The summed E-state index contributed by atoms with van der Waals surface area (Å²) in [6, 6.07) is 3.72. The van der Waals surface area contributed by atoms with Crippen molar-refractivity contribution in [3.63, 3.8) is 0 Å². The van der Waals surface area contributed by atoms with E-state index in [4.69, 9.17) is 0 Å². The highest BCUT2D eigenvalue weighted by atomic mass is 79.9. The topological polar surface area (TPSA) is 12.0 Å². The predicted octanol–water partition coefficient (Wildman–Crippen LogP) is 4.74. The van der Waals surface area contributed by atoms with Crippen LogP contribution in [-0.2, 0) is 0 Å². The lowest BCUT2D eigenvalue weighted by Crippen LogP contribution is -2.18. The van der Waals surface area contributed by atoms with E-state index in [1.807, 2.05) is 6.92 Å². The number of anilines is 1. The van der Waals surface area contributed by atoms with Gasteiger partial charge >= 0.3 is 0 Å². The molecular formula is C13H19BrFN. The van der Waals surface area contributed by atoms with Crippen molar-refractivity contribution in [3.8, 4) is 0 Å². The Bertz CT molecular complexity index is 363. The van der Waals surface area contributed by atoms with Gasteiger partial charge in [0.2, 0.25) is 0 Å². The van der Waals surface area contributed by atoms with E-state index in [9.17, 15) is 4.39 Å². The Morgan fingerprint density at radius 3 is 2.50 bits per heavy atom. The Balaban J connectivity index is 2.77. The van der Waals surface area contributed by atoms with Crippen LogP contribution < -0.4 is 5.32 Å². The van der Waals surface area contributed by atoms with Crippen molar-refractivity contribution >= 4 is 21.6 Å². The third-order valence-electron chi connectivity index (χ3n) is 2.49. The number of nitrogens with one attached hydrogen (secondary N) is 1. The molecule has 1 rings (SSSR count). The number of aryl methyl sites for hydroxylation is 1. The first kappa shape index (κ1) is 13.5. The Morgan fingerprint density at radius 2 is 1.94 bits per heavy atom. The van der Waals surface area contributed by atoms with Crippen molar-refractivity contribution < 1.29 is 4.39 Å². The maximum Gasteiger partial charge on any atom is 0.139 e. The van der Waals surface area contributed by atoms with Gasteiger partial charge in [-0.05, 0) is 59.8 Å². The zero-order chi connectivity index (χ0) is 12.3. The van der Waals surface area contributed by atoms with E-state index < -0.39 is 0 Å². The zero-order valence-electron chi connectivity index (χ0n) is 10.3. The Labute approximate surface area is 106 Å². The van der Waals surface area contributed by atoms with E-state index in [-0.39, 0.29) is 5.82 Å². The lowest BCUT2D eigenvalue weighted by atomic mass is 10.0. The first-order valence-electron chi connectivity index (χ1n) is 5.62. The molecule has 0 heterocycles. The minimum atomic E-state index is -0.218. The molecule has 0 fully saturated rings. The molecule has 0 aromatic heterocycles. The number of halogens is 2. The van der Waals surface area contributed by atoms with E-state index in [0.717, 1.165) is 17.7 Å². The standard InChI is InChI=1S/C13H19BrFN/c1-8(2)5-10(4)16-13-7-12(15)11(14)6-9(13)3/h6-8,10,16H,5H2,1-4H3. The summed E-state index contributed by atoms with van der Waals surface area (Å²) in [5, 5.41) is 3.35. The smallest absolute Gasteiger partial charge is 0.139 e. The van der Waals surface area contributed by atoms with Crippen LogP contribution in [0.15, 0.2) is 16.6 Å². The van der Waals surface area contributed by atoms with Crippen LogP contribution >= 0.6 is 15.9 Å². The molecule has 90 valence electrons. The molecule has 1 nitrogen and oxygen atoms in total. The van der Waals surface area contributed by atoms with Crippen molar-refractivity contribution in [2.24, 2.45) is 5.92 Å². The summed E-state index contributed by atoms with van der Waals surface area (Å²) < 4.78 is 13.9. The Hall–Kier alpha value is -0.570. The highest BCUT2D eigenvalue weighted by Gasteiger charge is 2.09. The third kappa shape index (κ3) is 3.78. The second-order valence-corrected chi connectivity index (χ2v) is 5.61. The SMILES string of the molecule is Cc1cc(Br)c(F)cc1NC(C)CC(C)C. The molecule has 0 saturated carbocycles. The first-order chi connectivity index (χ1) is 7.40. The van der Waals surface area contributed by atoms with Crippen LogP contribution in [0.1, 0.15) is 32.8 Å². The van der Waals surface area contributed by atoms with Gasteiger partial charge in [-0.25, -0.2) is 4.39 Å². The van der Waals surface area contributed by atoms with Crippen LogP contribution in [0, 0.1) is 18.7 Å². The van der Waals surface area contributed by atoms with Crippen molar-refractivity contribution in [1.29, 1.82) is 0 Å². The van der Waals surface area contributed by atoms with Gasteiger partial charge < -0.3 is 5.32 Å². The highest BCUT2D eigenvalue weighted by molar-refractivity contribution is 9.10. The van der Waals surface area contributed by atoms with Gasteiger partial charge in [-0.3, -0.25) is 0 Å². The Morgan fingerprint density at radius 1 is 1.31 bits per heavy atom. The van der Waals surface area contributed by atoms with E-state index >= 15 is 0 Å². The fourth-order valence-corrected chi connectivity index (χ4v) is 2.29. The van der Waals surface area contributed by atoms with Crippen LogP contribution in [0.5, 0.6) is 0 Å². The largest absolute Gasteiger partial charge is 0.382 e.